The fourth-order valence-electron chi connectivity index (χ4n) is 2.06. The average Bonchev–Trinajstić information content (AvgIpc) is 2.84. The zero-order chi connectivity index (χ0) is 9.97. The van der Waals surface area contributed by atoms with Crippen molar-refractivity contribution < 1.29 is 4.74 Å². The zero-order valence-corrected chi connectivity index (χ0v) is 9.33. The van der Waals surface area contributed by atoms with Gasteiger partial charge in [-0.05, 0) is 39.8 Å². The van der Waals surface area contributed by atoms with Crippen LogP contribution in [0.5, 0.6) is 0 Å². The van der Waals surface area contributed by atoms with E-state index in [4.69, 9.17) is 4.74 Å². The predicted octanol–water partition coefficient (Wildman–Crippen LogP) is 0.848. The molecule has 1 aliphatic heterocycles. The lowest BCUT2D eigenvalue weighted by Gasteiger charge is -2.17. The van der Waals surface area contributed by atoms with Gasteiger partial charge in [-0.3, -0.25) is 0 Å². The fourth-order valence-corrected chi connectivity index (χ4v) is 2.06. The van der Waals surface area contributed by atoms with Gasteiger partial charge in [-0.15, -0.1) is 0 Å². The summed E-state index contributed by atoms with van der Waals surface area (Å²) < 4.78 is 5.95. The van der Waals surface area contributed by atoms with Crippen LogP contribution >= 0.6 is 0 Å². The van der Waals surface area contributed by atoms with Crippen molar-refractivity contribution in [2.45, 2.75) is 43.9 Å². The first-order valence-electron chi connectivity index (χ1n) is 5.77. The van der Waals surface area contributed by atoms with E-state index in [-0.39, 0.29) is 0 Å². The van der Waals surface area contributed by atoms with Crippen LogP contribution in [0.15, 0.2) is 0 Å². The van der Waals surface area contributed by atoms with Crippen molar-refractivity contribution in [3.8, 4) is 0 Å². The maximum atomic E-state index is 5.95. The first-order chi connectivity index (χ1) is 6.74. The third-order valence-corrected chi connectivity index (χ3v) is 2.98. The van der Waals surface area contributed by atoms with E-state index in [0.717, 1.165) is 19.1 Å². The van der Waals surface area contributed by atoms with Crippen molar-refractivity contribution in [3.63, 3.8) is 0 Å². The quantitative estimate of drug-likeness (QED) is 0.709. The molecule has 0 aromatic carbocycles. The lowest BCUT2D eigenvalue weighted by molar-refractivity contribution is 0.0315. The van der Waals surface area contributed by atoms with Crippen LogP contribution in [0.3, 0.4) is 0 Å². The van der Waals surface area contributed by atoms with Crippen LogP contribution in [0.2, 0.25) is 0 Å². The molecular weight excluding hydrogens is 176 g/mol. The Hall–Kier alpha value is -0.120. The normalized spacial score (nSPS) is 32.8. The van der Waals surface area contributed by atoms with Crippen molar-refractivity contribution in [1.82, 2.24) is 10.2 Å². The molecule has 0 aromatic heterocycles. The van der Waals surface area contributed by atoms with Crippen LogP contribution in [-0.2, 0) is 4.74 Å². The summed E-state index contributed by atoms with van der Waals surface area (Å²) in [7, 11) is 4.22. The van der Waals surface area contributed by atoms with Gasteiger partial charge in [0, 0.05) is 19.1 Å². The van der Waals surface area contributed by atoms with Gasteiger partial charge < -0.3 is 15.0 Å². The van der Waals surface area contributed by atoms with Crippen LogP contribution in [0.4, 0.5) is 0 Å². The van der Waals surface area contributed by atoms with E-state index in [9.17, 15) is 0 Å². The van der Waals surface area contributed by atoms with E-state index in [1.165, 1.54) is 25.7 Å². The molecule has 0 spiro atoms. The van der Waals surface area contributed by atoms with E-state index in [1.54, 1.807) is 0 Å². The summed E-state index contributed by atoms with van der Waals surface area (Å²) in [5, 5.41) is 3.53. The topological polar surface area (TPSA) is 24.5 Å². The molecule has 2 unspecified atom stereocenters. The van der Waals surface area contributed by atoms with Gasteiger partial charge >= 0.3 is 0 Å². The summed E-state index contributed by atoms with van der Waals surface area (Å²) in [6, 6.07) is 0.812. The molecule has 1 heterocycles. The zero-order valence-electron chi connectivity index (χ0n) is 9.33. The Morgan fingerprint density at radius 2 is 1.86 bits per heavy atom. The molecule has 3 heteroatoms. The number of ether oxygens (including phenoxy) is 1. The monoisotopic (exact) mass is 198 g/mol. The molecule has 2 fully saturated rings. The van der Waals surface area contributed by atoms with Gasteiger partial charge in [0.1, 0.15) is 0 Å². The highest BCUT2D eigenvalue weighted by atomic mass is 16.5. The first kappa shape index (κ1) is 10.4. The minimum absolute atomic E-state index is 0.469. The van der Waals surface area contributed by atoms with Crippen LogP contribution in [0, 0.1) is 0 Å². The minimum Gasteiger partial charge on any atom is -0.372 e. The van der Waals surface area contributed by atoms with Crippen molar-refractivity contribution in [1.29, 1.82) is 0 Å². The maximum absolute atomic E-state index is 5.95. The Morgan fingerprint density at radius 3 is 2.50 bits per heavy atom. The Morgan fingerprint density at radius 1 is 1.14 bits per heavy atom. The third kappa shape index (κ3) is 3.23. The van der Waals surface area contributed by atoms with E-state index < -0.39 is 0 Å². The molecule has 2 aliphatic rings. The molecule has 2 atom stereocenters. The molecule has 1 saturated heterocycles. The molecular formula is C11H22N2O. The summed E-state index contributed by atoms with van der Waals surface area (Å²) in [6.07, 6.45) is 6.14. The molecule has 2 rings (SSSR count). The first-order valence-corrected chi connectivity index (χ1v) is 5.77. The van der Waals surface area contributed by atoms with Gasteiger partial charge in [0.25, 0.3) is 0 Å². The number of likely N-dealkylation sites (N-methyl/N-ethyl adjacent to an activating group) is 1. The van der Waals surface area contributed by atoms with E-state index in [0.29, 0.717) is 12.2 Å². The summed E-state index contributed by atoms with van der Waals surface area (Å²) in [6.45, 7) is 2.13. The highest BCUT2D eigenvalue weighted by molar-refractivity contribution is 4.84. The molecule has 0 amide bonds. The lowest BCUT2D eigenvalue weighted by Crippen LogP contribution is -2.31. The molecule has 1 N–H and O–H groups in total. The van der Waals surface area contributed by atoms with Crippen molar-refractivity contribution >= 4 is 0 Å². The Labute approximate surface area is 86.8 Å². The minimum atomic E-state index is 0.469. The Balaban J connectivity index is 1.60. The fraction of sp³-hybridized carbons (Fsp3) is 1.00. The lowest BCUT2D eigenvalue weighted by atomic mass is 10.2. The highest BCUT2D eigenvalue weighted by Crippen LogP contribution is 2.22. The highest BCUT2D eigenvalue weighted by Gasteiger charge is 2.27. The van der Waals surface area contributed by atoms with Crippen molar-refractivity contribution in [3.05, 3.63) is 0 Å². The third-order valence-electron chi connectivity index (χ3n) is 2.98. The van der Waals surface area contributed by atoms with Crippen LogP contribution in [0.25, 0.3) is 0 Å². The second-order valence-electron chi connectivity index (χ2n) is 4.90. The average molecular weight is 198 g/mol. The predicted molar refractivity (Wildman–Crippen MR) is 57.5 cm³/mol. The molecule has 1 aliphatic carbocycles. The van der Waals surface area contributed by atoms with Gasteiger partial charge in [-0.2, -0.15) is 0 Å². The largest absolute Gasteiger partial charge is 0.372 e. The molecule has 14 heavy (non-hydrogen) atoms. The molecule has 82 valence electrons. The van der Waals surface area contributed by atoms with Gasteiger partial charge in [-0.25, -0.2) is 0 Å². The second kappa shape index (κ2) is 4.60. The van der Waals surface area contributed by atoms with Gasteiger partial charge in [0.05, 0.1) is 12.2 Å². The molecule has 3 nitrogen and oxygen atoms in total. The van der Waals surface area contributed by atoms with E-state index in [1.807, 2.05) is 0 Å². The van der Waals surface area contributed by atoms with E-state index in [2.05, 4.69) is 24.3 Å². The number of hydrogen-bond donors (Lipinski definition) is 1. The number of rotatable bonds is 5. The van der Waals surface area contributed by atoms with Gasteiger partial charge in [-0.1, -0.05) is 0 Å². The SMILES string of the molecule is CN(C)CC1CCC(CNC2CC2)O1. The van der Waals surface area contributed by atoms with Crippen molar-refractivity contribution in [2.24, 2.45) is 0 Å². The van der Waals surface area contributed by atoms with Crippen LogP contribution in [-0.4, -0.2) is 50.3 Å². The number of hydrogen-bond acceptors (Lipinski definition) is 3. The smallest absolute Gasteiger partial charge is 0.0707 e. The molecule has 0 radical (unpaired) electrons. The molecule has 0 bridgehead atoms. The van der Waals surface area contributed by atoms with Gasteiger partial charge in [0.2, 0.25) is 0 Å². The van der Waals surface area contributed by atoms with Crippen LogP contribution < -0.4 is 5.32 Å². The summed E-state index contributed by atoms with van der Waals surface area (Å²) >= 11 is 0. The summed E-state index contributed by atoms with van der Waals surface area (Å²) in [4.78, 5) is 2.21. The number of nitrogens with one attached hydrogen (secondary N) is 1. The Kier molecular flexibility index (Phi) is 3.42. The Bertz CT molecular complexity index is 180. The van der Waals surface area contributed by atoms with Crippen molar-refractivity contribution in [2.75, 3.05) is 27.2 Å². The van der Waals surface area contributed by atoms with Gasteiger partial charge in [0.15, 0.2) is 0 Å². The maximum Gasteiger partial charge on any atom is 0.0707 e. The molecule has 1 saturated carbocycles. The standard InChI is InChI=1S/C11H22N2O/c1-13(2)8-11-6-5-10(14-11)7-12-9-3-4-9/h9-12H,3-8H2,1-2H3. The van der Waals surface area contributed by atoms with Crippen LogP contribution in [0.1, 0.15) is 25.7 Å². The summed E-state index contributed by atoms with van der Waals surface area (Å²) in [5.74, 6) is 0. The second-order valence-corrected chi connectivity index (χ2v) is 4.90. The molecule has 0 aromatic rings. The van der Waals surface area contributed by atoms with E-state index >= 15 is 0 Å². The number of nitrogens with zero attached hydrogens (tertiary/aromatic N) is 1. The summed E-state index contributed by atoms with van der Waals surface area (Å²) in [5.41, 5.74) is 0.